The number of hydrogen-bond donors (Lipinski definition) is 2. The standard InChI is InChI=1S/C15H18N2O3/c1-3-4-13(15(18)19)17-14-12-9-11(20-2)6-5-10(12)7-8-16-14/h5-9,13H,3-4H2,1-2H3,(H,16,17)(H,18,19). The molecule has 0 saturated carbocycles. The normalized spacial score (nSPS) is 12.1. The second kappa shape index (κ2) is 6.23. The summed E-state index contributed by atoms with van der Waals surface area (Å²) in [6.45, 7) is 1.96. The summed E-state index contributed by atoms with van der Waals surface area (Å²) < 4.78 is 5.21. The van der Waals surface area contributed by atoms with Gasteiger partial charge in [0.15, 0.2) is 0 Å². The van der Waals surface area contributed by atoms with Crippen LogP contribution in [0.4, 0.5) is 5.82 Å². The molecule has 1 aromatic carbocycles. The third-order valence-corrected chi connectivity index (χ3v) is 3.16. The maximum atomic E-state index is 11.2. The lowest BCUT2D eigenvalue weighted by molar-refractivity contribution is -0.138. The fourth-order valence-electron chi connectivity index (χ4n) is 2.10. The zero-order valence-electron chi connectivity index (χ0n) is 11.6. The number of benzene rings is 1. The fourth-order valence-corrected chi connectivity index (χ4v) is 2.10. The number of fused-ring (bicyclic) bond motifs is 1. The molecule has 20 heavy (non-hydrogen) atoms. The summed E-state index contributed by atoms with van der Waals surface area (Å²) in [5.41, 5.74) is 0. The molecule has 2 rings (SSSR count). The van der Waals surface area contributed by atoms with Crippen LogP contribution in [0.15, 0.2) is 30.5 Å². The first kappa shape index (κ1) is 14.1. The molecule has 0 fully saturated rings. The zero-order chi connectivity index (χ0) is 14.5. The van der Waals surface area contributed by atoms with Gasteiger partial charge in [0.2, 0.25) is 0 Å². The SMILES string of the molecule is CCCC(Nc1nccc2ccc(OC)cc12)C(=O)O. The van der Waals surface area contributed by atoms with Crippen LogP contribution < -0.4 is 10.1 Å². The number of nitrogens with zero attached hydrogens (tertiary/aromatic N) is 1. The second-order valence-electron chi connectivity index (χ2n) is 4.57. The van der Waals surface area contributed by atoms with Gasteiger partial charge in [0.05, 0.1) is 7.11 Å². The van der Waals surface area contributed by atoms with Crippen molar-refractivity contribution in [2.45, 2.75) is 25.8 Å². The summed E-state index contributed by atoms with van der Waals surface area (Å²) in [6.07, 6.45) is 3.01. The number of anilines is 1. The van der Waals surface area contributed by atoms with Crippen molar-refractivity contribution >= 4 is 22.6 Å². The molecule has 1 unspecified atom stereocenters. The molecule has 1 aromatic heterocycles. The predicted octanol–water partition coefficient (Wildman–Crippen LogP) is 2.91. The molecule has 0 saturated heterocycles. The van der Waals surface area contributed by atoms with Crippen LogP contribution in [0.1, 0.15) is 19.8 Å². The molecule has 1 heterocycles. The van der Waals surface area contributed by atoms with E-state index in [2.05, 4.69) is 10.3 Å². The lowest BCUT2D eigenvalue weighted by Crippen LogP contribution is -2.29. The van der Waals surface area contributed by atoms with Gasteiger partial charge < -0.3 is 15.2 Å². The second-order valence-corrected chi connectivity index (χ2v) is 4.57. The predicted molar refractivity (Wildman–Crippen MR) is 78.2 cm³/mol. The summed E-state index contributed by atoms with van der Waals surface area (Å²) in [6, 6.07) is 6.90. The number of carboxylic acids is 1. The average Bonchev–Trinajstić information content (AvgIpc) is 2.46. The molecular formula is C15H18N2O3. The van der Waals surface area contributed by atoms with Gasteiger partial charge >= 0.3 is 5.97 Å². The summed E-state index contributed by atoms with van der Waals surface area (Å²) in [7, 11) is 1.60. The van der Waals surface area contributed by atoms with Gasteiger partial charge in [0, 0.05) is 11.6 Å². The average molecular weight is 274 g/mol. The van der Waals surface area contributed by atoms with Crippen molar-refractivity contribution in [2.75, 3.05) is 12.4 Å². The maximum Gasteiger partial charge on any atom is 0.326 e. The minimum absolute atomic E-state index is 0.553. The fraction of sp³-hybridized carbons (Fsp3) is 0.333. The number of rotatable bonds is 6. The van der Waals surface area contributed by atoms with Crippen molar-refractivity contribution in [3.63, 3.8) is 0 Å². The summed E-state index contributed by atoms with van der Waals surface area (Å²) >= 11 is 0. The van der Waals surface area contributed by atoms with Crippen LogP contribution in [-0.4, -0.2) is 29.2 Å². The number of hydrogen-bond acceptors (Lipinski definition) is 4. The Hall–Kier alpha value is -2.30. The topological polar surface area (TPSA) is 71.5 Å². The Bertz CT molecular complexity index is 613. The first-order valence-corrected chi connectivity index (χ1v) is 6.57. The van der Waals surface area contributed by atoms with E-state index in [1.54, 1.807) is 13.3 Å². The van der Waals surface area contributed by atoms with E-state index < -0.39 is 12.0 Å². The Morgan fingerprint density at radius 3 is 2.90 bits per heavy atom. The van der Waals surface area contributed by atoms with Gasteiger partial charge in [-0.2, -0.15) is 0 Å². The molecule has 0 aliphatic heterocycles. The van der Waals surface area contributed by atoms with E-state index in [1.807, 2.05) is 31.2 Å². The molecule has 5 heteroatoms. The molecule has 0 amide bonds. The molecule has 0 spiro atoms. The van der Waals surface area contributed by atoms with E-state index in [-0.39, 0.29) is 0 Å². The quantitative estimate of drug-likeness (QED) is 0.847. The highest BCUT2D eigenvalue weighted by Crippen LogP contribution is 2.26. The van der Waals surface area contributed by atoms with Gasteiger partial charge in [-0.25, -0.2) is 9.78 Å². The van der Waals surface area contributed by atoms with E-state index in [0.717, 1.165) is 22.9 Å². The molecular weight excluding hydrogens is 256 g/mol. The van der Waals surface area contributed by atoms with Gasteiger partial charge in [-0.1, -0.05) is 19.4 Å². The van der Waals surface area contributed by atoms with Crippen molar-refractivity contribution in [1.82, 2.24) is 4.98 Å². The lowest BCUT2D eigenvalue weighted by Gasteiger charge is -2.16. The Balaban J connectivity index is 2.39. The monoisotopic (exact) mass is 274 g/mol. The van der Waals surface area contributed by atoms with E-state index >= 15 is 0 Å². The first-order valence-electron chi connectivity index (χ1n) is 6.57. The highest BCUT2D eigenvalue weighted by atomic mass is 16.5. The van der Waals surface area contributed by atoms with Crippen molar-refractivity contribution in [3.8, 4) is 5.75 Å². The zero-order valence-corrected chi connectivity index (χ0v) is 11.6. The van der Waals surface area contributed by atoms with Crippen LogP contribution in [0.2, 0.25) is 0 Å². The van der Waals surface area contributed by atoms with Gasteiger partial charge in [-0.3, -0.25) is 0 Å². The van der Waals surface area contributed by atoms with E-state index in [4.69, 9.17) is 4.74 Å². The third-order valence-electron chi connectivity index (χ3n) is 3.16. The first-order chi connectivity index (χ1) is 9.65. The number of ether oxygens (including phenoxy) is 1. The molecule has 2 aromatic rings. The minimum atomic E-state index is -0.867. The molecule has 5 nitrogen and oxygen atoms in total. The van der Waals surface area contributed by atoms with E-state index in [1.165, 1.54) is 0 Å². The number of carbonyl (C=O) groups is 1. The summed E-state index contributed by atoms with van der Waals surface area (Å²) in [5, 5.41) is 14.1. The van der Waals surface area contributed by atoms with E-state index in [0.29, 0.717) is 12.2 Å². The van der Waals surface area contributed by atoms with Gasteiger partial charge in [-0.15, -0.1) is 0 Å². The Labute approximate surface area is 117 Å². The largest absolute Gasteiger partial charge is 0.497 e. The van der Waals surface area contributed by atoms with Crippen molar-refractivity contribution in [1.29, 1.82) is 0 Å². The number of aromatic nitrogens is 1. The minimum Gasteiger partial charge on any atom is -0.497 e. The van der Waals surface area contributed by atoms with Crippen LogP contribution >= 0.6 is 0 Å². The Kier molecular flexibility index (Phi) is 4.40. The van der Waals surface area contributed by atoms with Gasteiger partial charge in [0.25, 0.3) is 0 Å². The molecule has 1 atom stereocenters. The highest BCUT2D eigenvalue weighted by Gasteiger charge is 2.17. The highest BCUT2D eigenvalue weighted by molar-refractivity contribution is 5.94. The molecule has 106 valence electrons. The number of pyridine rings is 1. The number of methoxy groups -OCH3 is 1. The molecule has 0 aliphatic rings. The summed E-state index contributed by atoms with van der Waals surface area (Å²) in [4.78, 5) is 15.5. The van der Waals surface area contributed by atoms with Gasteiger partial charge in [-0.05, 0) is 30.0 Å². The van der Waals surface area contributed by atoms with Gasteiger partial charge in [0.1, 0.15) is 17.6 Å². The Morgan fingerprint density at radius 2 is 2.25 bits per heavy atom. The van der Waals surface area contributed by atoms with Crippen LogP contribution in [0.5, 0.6) is 5.75 Å². The number of carboxylic acid groups (broad SMARTS) is 1. The molecule has 0 bridgehead atoms. The van der Waals surface area contributed by atoms with Crippen LogP contribution in [0.25, 0.3) is 10.8 Å². The van der Waals surface area contributed by atoms with Crippen molar-refractivity contribution < 1.29 is 14.6 Å². The smallest absolute Gasteiger partial charge is 0.326 e. The molecule has 0 radical (unpaired) electrons. The van der Waals surface area contributed by atoms with Crippen LogP contribution in [-0.2, 0) is 4.79 Å². The molecule has 0 aliphatic carbocycles. The van der Waals surface area contributed by atoms with Crippen molar-refractivity contribution in [3.05, 3.63) is 30.5 Å². The maximum absolute atomic E-state index is 11.2. The third kappa shape index (κ3) is 2.99. The van der Waals surface area contributed by atoms with Crippen LogP contribution in [0, 0.1) is 0 Å². The Morgan fingerprint density at radius 1 is 1.45 bits per heavy atom. The van der Waals surface area contributed by atoms with E-state index in [9.17, 15) is 9.90 Å². The lowest BCUT2D eigenvalue weighted by atomic mass is 10.1. The summed E-state index contributed by atoms with van der Waals surface area (Å²) in [5.74, 6) is 0.423. The number of nitrogens with one attached hydrogen (secondary N) is 1. The van der Waals surface area contributed by atoms with Crippen LogP contribution in [0.3, 0.4) is 0 Å². The molecule has 2 N–H and O–H groups in total. The van der Waals surface area contributed by atoms with Crippen molar-refractivity contribution in [2.24, 2.45) is 0 Å². The number of aliphatic carboxylic acids is 1.